The largest absolute Gasteiger partial charge is 0.347 e. The number of nitrogens with zero attached hydrogens (tertiary/aromatic N) is 1. The van der Waals surface area contributed by atoms with Gasteiger partial charge in [0.25, 0.3) is 0 Å². The van der Waals surface area contributed by atoms with Crippen LogP contribution in [0.25, 0.3) is 22.0 Å². The highest BCUT2D eigenvalue weighted by molar-refractivity contribution is 6.33. The van der Waals surface area contributed by atoms with E-state index in [1.807, 2.05) is 18.2 Å². The van der Waals surface area contributed by atoms with Crippen molar-refractivity contribution in [2.75, 3.05) is 0 Å². The van der Waals surface area contributed by atoms with Gasteiger partial charge in [0.1, 0.15) is 5.78 Å². The molecule has 42 heavy (non-hydrogen) atoms. The first-order valence-electron chi connectivity index (χ1n) is 16.2. The zero-order valence-electron chi connectivity index (χ0n) is 25.0. The lowest BCUT2D eigenvalue weighted by Crippen LogP contribution is -2.27. The summed E-state index contributed by atoms with van der Waals surface area (Å²) < 4.78 is 2.49. The minimum Gasteiger partial charge on any atom is -0.347 e. The lowest BCUT2D eigenvalue weighted by atomic mass is 9.80. The van der Waals surface area contributed by atoms with Gasteiger partial charge in [-0.1, -0.05) is 85.0 Å². The molecule has 0 bridgehead atoms. The van der Waals surface area contributed by atoms with E-state index in [4.69, 9.17) is 17.3 Å². The molecule has 220 valence electrons. The van der Waals surface area contributed by atoms with Crippen LogP contribution in [0.3, 0.4) is 0 Å². The molecule has 1 unspecified atom stereocenters. The molecule has 0 amide bonds. The first-order chi connectivity index (χ1) is 20.4. The van der Waals surface area contributed by atoms with Crippen LogP contribution >= 0.6 is 11.6 Å². The van der Waals surface area contributed by atoms with E-state index in [1.165, 1.54) is 59.7 Å². The smallest absolute Gasteiger partial charge is 0.134 e. The van der Waals surface area contributed by atoms with Gasteiger partial charge >= 0.3 is 0 Å². The minimum absolute atomic E-state index is 0.0137. The molecule has 1 atom stereocenters. The van der Waals surface area contributed by atoms with E-state index < -0.39 is 0 Å². The summed E-state index contributed by atoms with van der Waals surface area (Å²) in [6, 6.07) is 24.0. The topological polar surface area (TPSA) is 48.0 Å². The summed E-state index contributed by atoms with van der Waals surface area (Å²) in [6.07, 6.45) is 14.4. The monoisotopic (exact) mass is 580 g/mol. The van der Waals surface area contributed by atoms with Gasteiger partial charge in [-0.25, -0.2) is 0 Å². The van der Waals surface area contributed by atoms with Crippen molar-refractivity contribution < 1.29 is 4.79 Å². The second-order valence-corrected chi connectivity index (χ2v) is 13.6. The second-order valence-electron chi connectivity index (χ2n) is 13.1. The van der Waals surface area contributed by atoms with Crippen molar-refractivity contribution in [2.45, 2.75) is 96.1 Å². The highest BCUT2D eigenvalue weighted by Gasteiger charge is 2.27. The summed E-state index contributed by atoms with van der Waals surface area (Å²) in [5.74, 6) is 1.56. The summed E-state index contributed by atoms with van der Waals surface area (Å²) in [5.41, 5.74) is 13.3. The van der Waals surface area contributed by atoms with E-state index >= 15 is 0 Å². The van der Waals surface area contributed by atoms with E-state index in [-0.39, 0.29) is 5.92 Å². The van der Waals surface area contributed by atoms with Gasteiger partial charge < -0.3 is 10.3 Å². The second kappa shape index (κ2) is 13.2. The molecule has 0 radical (unpaired) electrons. The number of ketones is 1. The number of rotatable bonds is 9. The lowest BCUT2D eigenvalue weighted by Gasteiger charge is -2.26. The van der Waals surface area contributed by atoms with Gasteiger partial charge in [0.2, 0.25) is 0 Å². The van der Waals surface area contributed by atoms with Crippen molar-refractivity contribution in [3.05, 3.63) is 94.6 Å². The molecule has 1 heterocycles. The van der Waals surface area contributed by atoms with Crippen molar-refractivity contribution in [2.24, 2.45) is 17.6 Å². The summed E-state index contributed by atoms with van der Waals surface area (Å²) in [4.78, 5) is 13.8. The molecule has 3 nitrogen and oxygen atoms in total. The van der Waals surface area contributed by atoms with Crippen LogP contribution in [-0.4, -0.2) is 16.4 Å². The Hall–Kier alpha value is -2.88. The molecular formula is C38H45ClN2O. The fourth-order valence-electron chi connectivity index (χ4n) is 7.58. The van der Waals surface area contributed by atoms with Gasteiger partial charge in [0.05, 0.1) is 0 Å². The van der Waals surface area contributed by atoms with Crippen LogP contribution in [-0.2, 0) is 11.3 Å². The Morgan fingerprint density at radius 2 is 1.69 bits per heavy atom. The van der Waals surface area contributed by atoms with Crippen LogP contribution in [0.15, 0.2) is 72.9 Å². The number of carbonyl (C=O) groups is 1. The number of aryl methyl sites for hydroxylation is 1. The Labute approximate surface area is 256 Å². The Morgan fingerprint density at radius 3 is 2.45 bits per heavy atom. The number of aromatic nitrogens is 1. The zero-order valence-corrected chi connectivity index (χ0v) is 25.8. The summed E-state index contributed by atoms with van der Waals surface area (Å²) in [7, 11) is 0. The molecule has 2 saturated carbocycles. The highest BCUT2D eigenvalue weighted by atomic mass is 35.5. The average molecular weight is 581 g/mol. The standard InChI is InChI=1S/C38H45ClN2O/c1-26-8-7-11-29(20-26)34(23-32(42)21-27-14-17-31(40)18-15-27)36-25-41(24-28-9-3-2-4-10-28)38-19-16-30(22-35(36)38)33-12-5-6-13-37(33)39/h5-8,11-13,16,19-20,22,25,27-28,31,34H,2-4,9-10,14-15,17-18,21,23-24,40H2,1H3. The van der Waals surface area contributed by atoms with Crippen molar-refractivity contribution in [1.29, 1.82) is 0 Å². The SMILES string of the molecule is Cc1cccc(C(CC(=O)CC2CCC(N)CC2)c2cn(CC3CCCCC3)c3ccc(-c4ccccc4Cl)cc23)c1. The molecule has 1 aromatic heterocycles. The predicted molar refractivity (Wildman–Crippen MR) is 176 cm³/mol. The molecule has 4 aromatic rings. The maximum absolute atomic E-state index is 13.8. The van der Waals surface area contributed by atoms with Crippen LogP contribution in [0.1, 0.15) is 93.2 Å². The number of Topliss-reactive ketones (excluding diaryl/α,β-unsaturated/α-hetero) is 1. The van der Waals surface area contributed by atoms with Crippen LogP contribution in [0, 0.1) is 18.8 Å². The maximum atomic E-state index is 13.8. The Morgan fingerprint density at radius 1 is 0.905 bits per heavy atom. The van der Waals surface area contributed by atoms with Crippen LogP contribution in [0.2, 0.25) is 5.02 Å². The van der Waals surface area contributed by atoms with Gasteiger partial charge in [-0.05, 0) is 92.2 Å². The predicted octanol–water partition coefficient (Wildman–Crippen LogP) is 9.85. The molecule has 0 saturated heterocycles. The summed E-state index contributed by atoms with van der Waals surface area (Å²) >= 11 is 6.67. The highest BCUT2D eigenvalue weighted by Crippen LogP contribution is 2.40. The Balaban J connectivity index is 1.42. The maximum Gasteiger partial charge on any atom is 0.134 e. The third-order valence-corrected chi connectivity index (χ3v) is 10.3. The van der Waals surface area contributed by atoms with E-state index in [0.717, 1.165) is 48.4 Å². The number of halogens is 1. The zero-order chi connectivity index (χ0) is 29.1. The first-order valence-corrected chi connectivity index (χ1v) is 16.5. The van der Waals surface area contributed by atoms with E-state index in [2.05, 4.69) is 66.2 Å². The van der Waals surface area contributed by atoms with Gasteiger partial charge in [-0.3, -0.25) is 4.79 Å². The van der Waals surface area contributed by atoms with Gasteiger partial charge in [0, 0.05) is 59.0 Å². The fourth-order valence-corrected chi connectivity index (χ4v) is 7.83. The van der Waals surface area contributed by atoms with Crippen molar-refractivity contribution in [1.82, 2.24) is 4.57 Å². The average Bonchev–Trinajstić information content (AvgIpc) is 3.35. The molecule has 0 aliphatic heterocycles. The van der Waals surface area contributed by atoms with Gasteiger partial charge in [0.15, 0.2) is 0 Å². The lowest BCUT2D eigenvalue weighted by molar-refractivity contribution is -0.120. The number of nitrogens with two attached hydrogens (primary N) is 1. The van der Waals surface area contributed by atoms with Crippen LogP contribution < -0.4 is 5.73 Å². The molecule has 3 aromatic carbocycles. The molecule has 2 fully saturated rings. The van der Waals surface area contributed by atoms with E-state index in [9.17, 15) is 4.79 Å². The number of hydrogen-bond acceptors (Lipinski definition) is 2. The van der Waals surface area contributed by atoms with Gasteiger partial charge in [-0.15, -0.1) is 0 Å². The summed E-state index contributed by atoms with van der Waals surface area (Å²) in [6.45, 7) is 3.19. The molecular weight excluding hydrogens is 536 g/mol. The molecule has 6 rings (SSSR count). The van der Waals surface area contributed by atoms with Crippen molar-refractivity contribution in [3.8, 4) is 11.1 Å². The number of fused-ring (bicyclic) bond motifs is 1. The summed E-state index contributed by atoms with van der Waals surface area (Å²) in [5, 5.41) is 2.00. The normalized spacial score (nSPS) is 20.5. The molecule has 0 spiro atoms. The first kappa shape index (κ1) is 29.2. The van der Waals surface area contributed by atoms with Crippen LogP contribution in [0.5, 0.6) is 0 Å². The Bertz CT molecular complexity index is 1520. The molecule has 2 aliphatic carbocycles. The van der Waals surface area contributed by atoms with Gasteiger partial charge in [-0.2, -0.15) is 0 Å². The van der Waals surface area contributed by atoms with Crippen molar-refractivity contribution >= 4 is 28.3 Å². The fraction of sp³-hybridized carbons (Fsp3) is 0.447. The van der Waals surface area contributed by atoms with E-state index in [1.54, 1.807) is 0 Å². The molecule has 2 N–H and O–H groups in total. The number of carbonyl (C=O) groups excluding carboxylic acids is 1. The number of benzene rings is 3. The van der Waals surface area contributed by atoms with E-state index in [0.29, 0.717) is 36.5 Å². The Kier molecular flexibility index (Phi) is 9.17. The van der Waals surface area contributed by atoms with Crippen LogP contribution in [0.4, 0.5) is 0 Å². The third-order valence-electron chi connectivity index (χ3n) is 9.94. The molecule has 4 heteroatoms. The number of hydrogen-bond donors (Lipinski definition) is 1. The third kappa shape index (κ3) is 6.68. The quantitative estimate of drug-likeness (QED) is 0.214. The minimum atomic E-state index is 0.0137. The molecule has 2 aliphatic rings. The van der Waals surface area contributed by atoms with Crippen molar-refractivity contribution in [3.63, 3.8) is 0 Å².